The zero-order valence-corrected chi connectivity index (χ0v) is 6.63. The topological polar surface area (TPSA) is 43.1 Å². The van der Waals surface area contributed by atoms with Crippen molar-refractivity contribution in [2.75, 3.05) is 6.54 Å². The van der Waals surface area contributed by atoms with Gasteiger partial charge < -0.3 is 5.73 Å². The molecule has 0 spiro atoms. The molecule has 2 nitrogen and oxygen atoms in total. The summed E-state index contributed by atoms with van der Waals surface area (Å²) in [5.74, 6) is 1.41. The second-order valence-corrected chi connectivity index (χ2v) is 3.40. The van der Waals surface area contributed by atoms with Crippen LogP contribution >= 0.6 is 0 Å². The van der Waals surface area contributed by atoms with Crippen molar-refractivity contribution in [2.24, 2.45) is 23.5 Å². The van der Waals surface area contributed by atoms with E-state index in [1.54, 1.807) is 0 Å². The van der Waals surface area contributed by atoms with E-state index in [4.69, 9.17) is 5.73 Å². The molecule has 0 amide bonds. The van der Waals surface area contributed by atoms with Gasteiger partial charge in [-0.1, -0.05) is 13.8 Å². The highest BCUT2D eigenvalue weighted by molar-refractivity contribution is 5.85. The second-order valence-electron chi connectivity index (χ2n) is 3.40. The van der Waals surface area contributed by atoms with E-state index >= 15 is 0 Å². The summed E-state index contributed by atoms with van der Waals surface area (Å²) >= 11 is 0. The van der Waals surface area contributed by atoms with Crippen LogP contribution in [0.2, 0.25) is 0 Å². The second kappa shape index (κ2) is 2.70. The minimum absolute atomic E-state index is 0.196. The number of Topliss-reactive ketones (excluding diaryl/α,β-unsaturated/α-hetero) is 1. The van der Waals surface area contributed by atoms with E-state index in [2.05, 4.69) is 0 Å². The minimum atomic E-state index is 0.196. The normalized spacial score (nSPS) is 30.8. The first-order valence-corrected chi connectivity index (χ1v) is 3.90. The summed E-state index contributed by atoms with van der Waals surface area (Å²) in [6, 6.07) is 0. The number of nitrogens with two attached hydrogens (primary N) is 1. The van der Waals surface area contributed by atoms with Crippen molar-refractivity contribution in [3.63, 3.8) is 0 Å². The van der Waals surface area contributed by atoms with Gasteiger partial charge >= 0.3 is 0 Å². The highest BCUT2D eigenvalue weighted by Crippen LogP contribution is 2.39. The molecule has 2 N–H and O–H groups in total. The summed E-state index contributed by atoms with van der Waals surface area (Å²) in [6.07, 6.45) is 1.04. The number of hydrogen-bond donors (Lipinski definition) is 1. The van der Waals surface area contributed by atoms with Gasteiger partial charge in [-0.25, -0.2) is 0 Å². The summed E-state index contributed by atoms with van der Waals surface area (Å²) in [6.45, 7) is 4.59. The molecule has 1 rings (SSSR count). The van der Waals surface area contributed by atoms with Crippen LogP contribution in [-0.4, -0.2) is 12.3 Å². The Labute approximate surface area is 61.8 Å². The molecule has 2 atom stereocenters. The van der Waals surface area contributed by atoms with Crippen LogP contribution in [0.25, 0.3) is 0 Å². The molecule has 1 fully saturated rings. The smallest absolute Gasteiger partial charge is 0.138 e. The van der Waals surface area contributed by atoms with Crippen LogP contribution in [0.5, 0.6) is 0 Å². The van der Waals surface area contributed by atoms with Crippen LogP contribution in [0.1, 0.15) is 20.3 Å². The van der Waals surface area contributed by atoms with Crippen molar-refractivity contribution in [2.45, 2.75) is 20.3 Å². The van der Waals surface area contributed by atoms with Crippen molar-refractivity contribution in [1.29, 1.82) is 0 Å². The number of carbonyl (C=O) groups is 1. The fourth-order valence-electron chi connectivity index (χ4n) is 1.28. The quantitative estimate of drug-likeness (QED) is 0.632. The summed E-state index contributed by atoms with van der Waals surface area (Å²) in [5.41, 5.74) is 5.41. The highest BCUT2D eigenvalue weighted by Gasteiger charge is 2.41. The third-order valence-corrected chi connectivity index (χ3v) is 2.16. The minimum Gasteiger partial charge on any atom is -0.330 e. The van der Waals surface area contributed by atoms with Gasteiger partial charge in [0.15, 0.2) is 0 Å². The van der Waals surface area contributed by atoms with E-state index in [0.29, 0.717) is 24.2 Å². The molecular weight excluding hydrogens is 126 g/mol. The zero-order chi connectivity index (χ0) is 7.72. The molecule has 0 aromatic rings. The van der Waals surface area contributed by atoms with Crippen LogP contribution in [0.15, 0.2) is 0 Å². The molecular formula is C8H15NO. The zero-order valence-electron chi connectivity index (χ0n) is 6.63. The lowest BCUT2D eigenvalue weighted by Crippen LogP contribution is -2.13. The summed E-state index contributed by atoms with van der Waals surface area (Å²) in [7, 11) is 0. The number of hydrogen-bond acceptors (Lipinski definition) is 2. The Morgan fingerprint density at radius 3 is 2.60 bits per heavy atom. The Morgan fingerprint density at radius 2 is 2.30 bits per heavy atom. The van der Waals surface area contributed by atoms with Crippen LogP contribution < -0.4 is 5.73 Å². The number of ketones is 1. The van der Waals surface area contributed by atoms with Crippen LogP contribution in [0, 0.1) is 17.8 Å². The lowest BCUT2D eigenvalue weighted by molar-refractivity contribution is -0.123. The van der Waals surface area contributed by atoms with Crippen molar-refractivity contribution >= 4 is 5.78 Å². The third kappa shape index (κ3) is 1.37. The van der Waals surface area contributed by atoms with Gasteiger partial charge in [-0.3, -0.25) is 4.79 Å². The molecule has 2 heteroatoms. The lowest BCUT2D eigenvalue weighted by atomic mass is 10.0. The van der Waals surface area contributed by atoms with Crippen molar-refractivity contribution in [1.82, 2.24) is 0 Å². The monoisotopic (exact) mass is 141 g/mol. The Kier molecular flexibility index (Phi) is 2.09. The number of carbonyl (C=O) groups excluding carboxylic acids is 1. The molecule has 1 saturated carbocycles. The first-order valence-electron chi connectivity index (χ1n) is 3.90. The van der Waals surface area contributed by atoms with E-state index in [1.807, 2.05) is 13.8 Å². The maximum atomic E-state index is 11.2. The molecule has 0 bridgehead atoms. The highest BCUT2D eigenvalue weighted by atomic mass is 16.1. The Morgan fingerprint density at radius 1 is 1.70 bits per heavy atom. The Hall–Kier alpha value is -0.370. The van der Waals surface area contributed by atoms with Gasteiger partial charge in [0.05, 0.1) is 0 Å². The van der Waals surface area contributed by atoms with Crippen LogP contribution in [-0.2, 0) is 4.79 Å². The van der Waals surface area contributed by atoms with Gasteiger partial charge in [0.25, 0.3) is 0 Å². The molecule has 0 aromatic carbocycles. The van der Waals surface area contributed by atoms with E-state index in [1.165, 1.54) is 0 Å². The molecule has 0 unspecified atom stereocenters. The van der Waals surface area contributed by atoms with Crippen molar-refractivity contribution < 1.29 is 4.79 Å². The molecule has 1 aliphatic rings. The molecule has 58 valence electrons. The van der Waals surface area contributed by atoms with Gasteiger partial charge in [-0.15, -0.1) is 0 Å². The predicted molar refractivity (Wildman–Crippen MR) is 40.5 cm³/mol. The molecule has 0 radical (unpaired) electrons. The van der Waals surface area contributed by atoms with E-state index in [0.717, 1.165) is 6.42 Å². The Balaban J connectivity index is 2.33. The first kappa shape index (κ1) is 7.73. The average Bonchev–Trinajstić information content (AvgIpc) is 2.64. The van der Waals surface area contributed by atoms with Crippen LogP contribution in [0.3, 0.4) is 0 Å². The number of rotatable bonds is 3. The molecule has 1 aliphatic carbocycles. The van der Waals surface area contributed by atoms with Gasteiger partial charge in [-0.2, -0.15) is 0 Å². The maximum Gasteiger partial charge on any atom is 0.138 e. The average molecular weight is 141 g/mol. The molecule has 0 saturated heterocycles. The van der Waals surface area contributed by atoms with E-state index in [-0.39, 0.29) is 5.92 Å². The standard InChI is InChI=1S/C8H15NO/c1-5(2)8(10)7-3-6(7)4-9/h5-7H,3-4,9H2,1-2H3/t6-,7-/m1/s1. The fraction of sp³-hybridized carbons (Fsp3) is 0.875. The van der Waals surface area contributed by atoms with Gasteiger partial charge in [0, 0.05) is 11.8 Å². The van der Waals surface area contributed by atoms with Gasteiger partial charge in [-0.05, 0) is 18.9 Å². The first-order chi connectivity index (χ1) is 4.66. The SMILES string of the molecule is CC(C)C(=O)[C@@H]1C[C@@H]1CN. The molecule has 10 heavy (non-hydrogen) atoms. The largest absolute Gasteiger partial charge is 0.330 e. The van der Waals surface area contributed by atoms with E-state index in [9.17, 15) is 4.79 Å². The summed E-state index contributed by atoms with van der Waals surface area (Å²) < 4.78 is 0. The molecule has 0 aromatic heterocycles. The molecule has 0 heterocycles. The van der Waals surface area contributed by atoms with Gasteiger partial charge in [0.2, 0.25) is 0 Å². The van der Waals surface area contributed by atoms with E-state index < -0.39 is 0 Å². The van der Waals surface area contributed by atoms with Crippen molar-refractivity contribution in [3.8, 4) is 0 Å². The predicted octanol–water partition coefficient (Wildman–Crippen LogP) is 0.806. The summed E-state index contributed by atoms with van der Waals surface area (Å²) in [4.78, 5) is 11.2. The Bertz CT molecular complexity index is 142. The lowest BCUT2D eigenvalue weighted by Gasteiger charge is -2.00. The third-order valence-electron chi connectivity index (χ3n) is 2.16. The van der Waals surface area contributed by atoms with Crippen LogP contribution in [0.4, 0.5) is 0 Å². The maximum absolute atomic E-state index is 11.2. The van der Waals surface area contributed by atoms with Crippen molar-refractivity contribution in [3.05, 3.63) is 0 Å². The summed E-state index contributed by atoms with van der Waals surface area (Å²) in [5, 5.41) is 0. The molecule has 0 aliphatic heterocycles. The van der Waals surface area contributed by atoms with Gasteiger partial charge in [0.1, 0.15) is 5.78 Å². The fourth-order valence-corrected chi connectivity index (χ4v) is 1.28.